The Hall–Kier alpha value is -3.88. The van der Waals surface area contributed by atoms with E-state index in [1.165, 1.54) is 18.4 Å². The zero-order valence-electron chi connectivity index (χ0n) is 18.3. The van der Waals surface area contributed by atoms with Crippen LogP contribution in [0.25, 0.3) is 0 Å². The number of carbonyl (C=O) groups excluding carboxylic acids is 1. The molecule has 1 heterocycles. The van der Waals surface area contributed by atoms with E-state index in [9.17, 15) is 13.2 Å². The predicted octanol–water partition coefficient (Wildman–Crippen LogP) is 4.37. The van der Waals surface area contributed by atoms with Crippen LogP contribution in [0.5, 0.6) is 5.75 Å². The van der Waals surface area contributed by atoms with E-state index in [2.05, 4.69) is 10.0 Å². The molecule has 0 unspecified atom stereocenters. The van der Waals surface area contributed by atoms with Crippen LogP contribution in [0.15, 0.2) is 107 Å². The average Bonchev–Trinajstić information content (AvgIpc) is 3.37. The van der Waals surface area contributed by atoms with Gasteiger partial charge < -0.3 is 14.5 Å². The van der Waals surface area contributed by atoms with E-state index in [1.807, 2.05) is 54.6 Å². The molecule has 0 fully saturated rings. The molecule has 174 valence electrons. The van der Waals surface area contributed by atoms with Crippen molar-refractivity contribution >= 4 is 21.6 Å². The minimum atomic E-state index is -3.78. The van der Waals surface area contributed by atoms with E-state index in [0.717, 1.165) is 11.1 Å². The van der Waals surface area contributed by atoms with E-state index >= 15 is 0 Å². The number of hydrogen-bond donors (Lipinski definition) is 2. The molecule has 8 heteroatoms. The Morgan fingerprint density at radius 1 is 0.882 bits per heavy atom. The zero-order valence-corrected chi connectivity index (χ0v) is 19.1. The molecular formula is C26H24N2O5S. The Morgan fingerprint density at radius 3 is 2.47 bits per heavy atom. The van der Waals surface area contributed by atoms with Gasteiger partial charge in [-0.15, -0.1) is 0 Å². The number of benzene rings is 3. The van der Waals surface area contributed by atoms with Crippen LogP contribution in [0.4, 0.5) is 5.69 Å². The molecular weight excluding hydrogens is 452 g/mol. The highest BCUT2D eigenvalue weighted by molar-refractivity contribution is 7.89. The highest BCUT2D eigenvalue weighted by Crippen LogP contribution is 2.22. The van der Waals surface area contributed by atoms with Gasteiger partial charge in [0.2, 0.25) is 10.0 Å². The van der Waals surface area contributed by atoms with Crippen LogP contribution in [0.3, 0.4) is 0 Å². The molecule has 1 aromatic heterocycles. The number of para-hydroxylation sites is 1. The van der Waals surface area contributed by atoms with Gasteiger partial charge in [-0.3, -0.25) is 4.79 Å². The van der Waals surface area contributed by atoms with Crippen LogP contribution in [-0.2, 0) is 27.8 Å². The van der Waals surface area contributed by atoms with Gasteiger partial charge >= 0.3 is 0 Å². The summed E-state index contributed by atoms with van der Waals surface area (Å²) >= 11 is 0. The van der Waals surface area contributed by atoms with Crippen LogP contribution in [0.1, 0.15) is 16.9 Å². The van der Waals surface area contributed by atoms with Crippen molar-refractivity contribution in [2.24, 2.45) is 0 Å². The van der Waals surface area contributed by atoms with Gasteiger partial charge in [0.1, 0.15) is 11.5 Å². The molecule has 34 heavy (non-hydrogen) atoms. The normalized spacial score (nSPS) is 11.2. The number of rotatable bonds is 10. The Kier molecular flexibility index (Phi) is 7.41. The van der Waals surface area contributed by atoms with Crippen LogP contribution in [0, 0.1) is 0 Å². The first-order valence-corrected chi connectivity index (χ1v) is 12.1. The zero-order chi connectivity index (χ0) is 23.8. The summed E-state index contributed by atoms with van der Waals surface area (Å²) in [6.45, 7) is -0.179. The summed E-state index contributed by atoms with van der Waals surface area (Å²) < 4.78 is 38.5. The third kappa shape index (κ3) is 6.34. The van der Waals surface area contributed by atoms with Gasteiger partial charge in [-0.25, -0.2) is 13.1 Å². The van der Waals surface area contributed by atoms with Crippen LogP contribution < -0.4 is 14.8 Å². The van der Waals surface area contributed by atoms with E-state index < -0.39 is 15.9 Å². The molecule has 1 amide bonds. The van der Waals surface area contributed by atoms with Crippen molar-refractivity contribution in [2.75, 3.05) is 11.9 Å². The summed E-state index contributed by atoms with van der Waals surface area (Å²) in [6, 6.07) is 26.9. The summed E-state index contributed by atoms with van der Waals surface area (Å²) in [5.41, 5.74) is 2.46. The van der Waals surface area contributed by atoms with Gasteiger partial charge in [0.15, 0.2) is 6.61 Å². The molecule has 2 N–H and O–H groups in total. The maximum Gasteiger partial charge on any atom is 0.262 e. The Balaban J connectivity index is 1.36. The molecule has 4 aromatic rings. The number of amides is 1. The van der Waals surface area contributed by atoms with Gasteiger partial charge in [-0.05, 0) is 47.5 Å². The van der Waals surface area contributed by atoms with E-state index in [4.69, 9.17) is 9.15 Å². The summed E-state index contributed by atoms with van der Waals surface area (Å²) in [6.07, 6.45) is 2.16. The maximum absolute atomic E-state index is 12.6. The van der Waals surface area contributed by atoms with Crippen molar-refractivity contribution < 1.29 is 22.4 Å². The topological polar surface area (TPSA) is 97.6 Å². The second-order valence-electron chi connectivity index (χ2n) is 7.54. The Labute approximate surface area is 198 Å². The fourth-order valence-corrected chi connectivity index (χ4v) is 4.39. The minimum Gasteiger partial charge on any atom is -0.483 e. The smallest absolute Gasteiger partial charge is 0.262 e. The highest BCUT2D eigenvalue weighted by atomic mass is 32.2. The third-order valence-corrected chi connectivity index (χ3v) is 6.41. The Morgan fingerprint density at radius 2 is 1.68 bits per heavy atom. The molecule has 0 aliphatic carbocycles. The SMILES string of the molecule is O=C(COc1ccccc1Cc1ccccc1)Nc1cccc(S(=O)(=O)NCc2ccco2)c1. The number of hydrogen-bond acceptors (Lipinski definition) is 5. The lowest BCUT2D eigenvalue weighted by molar-refractivity contribution is -0.118. The second-order valence-corrected chi connectivity index (χ2v) is 9.31. The van der Waals surface area contributed by atoms with Crippen molar-refractivity contribution in [3.8, 4) is 5.75 Å². The largest absolute Gasteiger partial charge is 0.483 e. The van der Waals surface area contributed by atoms with Crippen molar-refractivity contribution in [1.82, 2.24) is 4.72 Å². The first-order chi connectivity index (χ1) is 16.5. The predicted molar refractivity (Wildman–Crippen MR) is 129 cm³/mol. The second kappa shape index (κ2) is 10.8. The van der Waals surface area contributed by atoms with Crippen molar-refractivity contribution in [3.05, 3.63) is 114 Å². The van der Waals surface area contributed by atoms with Crippen molar-refractivity contribution in [1.29, 1.82) is 0 Å². The average molecular weight is 477 g/mol. The van der Waals surface area contributed by atoms with Crippen molar-refractivity contribution in [2.45, 2.75) is 17.9 Å². The van der Waals surface area contributed by atoms with E-state index in [0.29, 0.717) is 23.6 Å². The lowest BCUT2D eigenvalue weighted by Gasteiger charge is -2.12. The molecule has 0 radical (unpaired) electrons. The molecule has 0 spiro atoms. The van der Waals surface area contributed by atoms with Crippen LogP contribution >= 0.6 is 0 Å². The first kappa shape index (κ1) is 23.3. The summed E-state index contributed by atoms with van der Waals surface area (Å²) in [5.74, 6) is 0.727. The number of sulfonamides is 1. The fraction of sp³-hybridized carbons (Fsp3) is 0.115. The summed E-state index contributed by atoms with van der Waals surface area (Å²) in [7, 11) is -3.78. The lowest BCUT2D eigenvalue weighted by atomic mass is 10.0. The van der Waals surface area contributed by atoms with Gasteiger partial charge in [0.05, 0.1) is 17.7 Å². The molecule has 0 saturated heterocycles. The van der Waals surface area contributed by atoms with Crippen LogP contribution in [0.2, 0.25) is 0 Å². The molecule has 0 saturated carbocycles. The minimum absolute atomic E-state index is 0.0299. The first-order valence-electron chi connectivity index (χ1n) is 10.7. The number of ether oxygens (including phenoxy) is 1. The number of furan rings is 1. The van der Waals surface area contributed by atoms with Crippen molar-refractivity contribution in [3.63, 3.8) is 0 Å². The summed E-state index contributed by atoms with van der Waals surface area (Å²) in [5, 5.41) is 2.69. The molecule has 0 aliphatic rings. The number of anilines is 1. The highest BCUT2D eigenvalue weighted by Gasteiger charge is 2.16. The maximum atomic E-state index is 12.6. The van der Waals surface area contributed by atoms with E-state index in [1.54, 1.807) is 24.3 Å². The van der Waals surface area contributed by atoms with E-state index in [-0.39, 0.29) is 18.0 Å². The van der Waals surface area contributed by atoms with Gasteiger partial charge in [0, 0.05) is 12.1 Å². The molecule has 0 atom stereocenters. The van der Waals surface area contributed by atoms with Crippen LogP contribution in [-0.4, -0.2) is 20.9 Å². The molecule has 0 bridgehead atoms. The third-order valence-electron chi connectivity index (χ3n) is 5.01. The number of carbonyl (C=O) groups is 1. The summed E-state index contributed by atoms with van der Waals surface area (Å²) in [4.78, 5) is 12.5. The number of nitrogens with one attached hydrogen (secondary N) is 2. The molecule has 3 aromatic carbocycles. The van der Waals surface area contributed by atoms with Gasteiger partial charge in [0.25, 0.3) is 5.91 Å². The van der Waals surface area contributed by atoms with Gasteiger partial charge in [-0.2, -0.15) is 0 Å². The quantitative estimate of drug-likeness (QED) is 0.354. The Bertz CT molecular complexity index is 1340. The lowest BCUT2D eigenvalue weighted by Crippen LogP contribution is -2.24. The molecule has 0 aliphatic heterocycles. The fourth-order valence-electron chi connectivity index (χ4n) is 3.35. The monoisotopic (exact) mass is 476 g/mol. The molecule has 7 nitrogen and oxygen atoms in total. The van der Waals surface area contributed by atoms with Gasteiger partial charge in [-0.1, -0.05) is 54.6 Å². The standard InChI is InChI=1S/C26H24N2O5S/c29-26(19-33-25-14-5-4-10-21(25)16-20-8-2-1-3-9-20)28-22-11-6-13-24(17-22)34(30,31)27-18-23-12-7-15-32-23/h1-15,17,27H,16,18-19H2,(H,28,29). The molecule has 4 rings (SSSR count).